The molecule has 0 amide bonds. The van der Waals surface area contributed by atoms with Gasteiger partial charge in [0.2, 0.25) is 11.9 Å². The molecule has 2 aromatic heterocycles. The fourth-order valence-corrected chi connectivity index (χ4v) is 3.01. The van der Waals surface area contributed by atoms with E-state index in [4.69, 9.17) is 9.47 Å². The molecule has 0 spiro atoms. The molecule has 2 fully saturated rings. The van der Waals surface area contributed by atoms with Crippen molar-refractivity contribution in [2.45, 2.75) is 6.18 Å². The van der Waals surface area contributed by atoms with Crippen LogP contribution in [-0.4, -0.2) is 72.5 Å². The Morgan fingerprint density at radius 2 is 1.36 bits per heavy atom. The number of hydrogen-bond donors (Lipinski definition) is 0. The molecule has 0 radical (unpaired) electrons. The van der Waals surface area contributed by atoms with E-state index >= 15 is 0 Å². The van der Waals surface area contributed by atoms with Crippen molar-refractivity contribution in [3.8, 4) is 11.5 Å². The van der Waals surface area contributed by atoms with Crippen molar-refractivity contribution >= 4 is 11.9 Å². The van der Waals surface area contributed by atoms with Gasteiger partial charge in [-0.1, -0.05) is 0 Å². The van der Waals surface area contributed by atoms with E-state index < -0.39 is 11.7 Å². The summed E-state index contributed by atoms with van der Waals surface area (Å²) in [5.41, 5.74) is -0.736. The highest BCUT2D eigenvalue weighted by Crippen LogP contribution is 2.31. The number of alkyl halides is 3. The van der Waals surface area contributed by atoms with E-state index in [2.05, 4.69) is 19.9 Å². The van der Waals surface area contributed by atoms with Gasteiger partial charge >= 0.3 is 6.18 Å². The maximum absolute atomic E-state index is 13.1. The molecule has 2 aliphatic rings. The van der Waals surface area contributed by atoms with Crippen molar-refractivity contribution in [3.63, 3.8) is 0 Å². The van der Waals surface area contributed by atoms with Crippen LogP contribution < -0.4 is 9.80 Å². The van der Waals surface area contributed by atoms with Crippen LogP contribution in [0.4, 0.5) is 25.1 Å². The van der Waals surface area contributed by atoms with Crippen molar-refractivity contribution in [2.24, 2.45) is 0 Å². The molecular formula is C17H19F3N6O2. The maximum Gasteiger partial charge on any atom is 0.416 e. The Morgan fingerprint density at radius 3 is 1.86 bits per heavy atom. The summed E-state index contributed by atoms with van der Waals surface area (Å²) in [5.74, 6) is 0.937. The predicted octanol–water partition coefficient (Wildman–Crippen LogP) is 1.63. The zero-order valence-electron chi connectivity index (χ0n) is 15.0. The Bertz CT molecular complexity index is 787. The molecule has 28 heavy (non-hydrogen) atoms. The number of morpholine rings is 2. The Labute approximate surface area is 159 Å². The number of pyridine rings is 1. The average molecular weight is 396 g/mol. The smallest absolute Gasteiger partial charge is 0.378 e. The van der Waals surface area contributed by atoms with Crippen LogP contribution in [0.2, 0.25) is 0 Å². The SMILES string of the molecule is FC(F)(F)c1ccnc(-c2nc(N3CCOCC3)nc(N3CCOCC3)n2)c1. The Hall–Kier alpha value is -2.53. The van der Waals surface area contributed by atoms with E-state index in [-0.39, 0.29) is 11.5 Å². The molecule has 2 aromatic rings. The van der Waals surface area contributed by atoms with Crippen LogP contribution in [0, 0.1) is 0 Å². The van der Waals surface area contributed by atoms with Crippen molar-refractivity contribution in [2.75, 3.05) is 62.4 Å². The van der Waals surface area contributed by atoms with Gasteiger partial charge in [0.25, 0.3) is 0 Å². The summed E-state index contributed by atoms with van der Waals surface area (Å²) in [7, 11) is 0. The first-order valence-corrected chi connectivity index (χ1v) is 8.96. The lowest BCUT2D eigenvalue weighted by Crippen LogP contribution is -2.40. The quantitative estimate of drug-likeness (QED) is 0.775. The summed E-state index contributed by atoms with van der Waals surface area (Å²) in [4.78, 5) is 21.3. The van der Waals surface area contributed by atoms with Crippen molar-refractivity contribution < 1.29 is 22.6 Å². The molecule has 4 rings (SSSR count). The Balaban J connectivity index is 1.75. The van der Waals surface area contributed by atoms with Crippen LogP contribution in [0.25, 0.3) is 11.5 Å². The molecule has 2 aliphatic heterocycles. The molecule has 0 saturated carbocycles. The van der Waals surface area contributed by atoms with Crippen molar-refractivity contribution in [1.29, 1.82) is 0 Å². The van der Waals surface area contributed by atoms with Crippen LogP contribution in [0.3, 0.4) is 0 Å². The minimum absolute atomic E-state index is 0.0567. The van der Waals surface area contributed by atoms with E-state index in [0.29, 0.717) is 64.5 Å². The van der Waals surface area contributed by atoms with Gasteiger partial charge < -0.3 is 19.3 Å². The van der Waals surface area contributed by atoms with E-state index in [1.807, 2.05) is 9.80 Å². The summed E-state index contributed by atoms with van der Waals surface area (Å²) in [5, 5.41) is 0. The van der Waals surface area contributed by atoms with Crippen molar-refractivity contribution in [3.05, 3.63) is 23.9 Å². The van der Waals surface area contributed by atoms with E-state index in [1.54, 1.807) is 0 Å². The third kappa shape index (κ3) is 4.14. The van der Waals surface area contributed by atoms with E-state index in [0.717, 1.165) is 18.3 Å². The lowest BCUT2D eigenvalue weighted by Gasteiger charge is -2.30. The molecule has 4 heterocycles. The summed E-state index contributed by atoms with van der Waals surface area (Å²) in [6.45, 7) is 4.55. The molecular weight excluding hydrogens is 377 g/mol. The third-order valence-electron chi connectivity index (χ3n) is 4.52. The van der Waals surface area contributed by atoms with Gasteiger partial charge in [0.1, 0.15) is 5.69 Å². The molecule has 11 heteroatoms. The highest BCUT2D eigenvalue weighted by molar-refractivity contribution is 5.55. The molecule has 0 bridgehead atoms. The highest BCUT2D eigenvalue weighted by Gasteiger charge is 2.31. The normalized spacial score (nSPS) is 18.4. The minimum Gasteiger partial charge on any atom is -0.378 e. The minimum atomic E-state index is -4.47. The fourth-order valence-electron chi connectivity index (χ4n) is 3.01. The van der Waals surface area contributed by atoms with Gasteiger partial charge in [-0.3, -0.25) is 4.98 Å². The Morgan fingerprint density at radius 1 is 0.821 bits per heavy atom. The largest absolute Gasteiger partial charge is 0.416 e. The van der Waals surface area contributed by atoms with Gasteiger partial charge in [-0.15, -0.1) is 0 Å². The first kappa shape index (κ1) is 18.8. The lowest BCUT2D eigenvalue weighted by molar-refractivity contribution is -0.137. The summed E-state index contributed by atoms with van der Waals surface area (Å²) in [6, 6.07) is 1.89. The molecule has 150 valence electrons. The number of ether oxygens (including phenoxy) is 2. The fraction of sp³-hybridized carbons (Fsp3) is 0.529. The molecule has 0 unspecified atom stereocenters. The van der Waals surface area contributed by atoms with Gasteiger partial charge in [-0.2, -0.15) is 28.1 Å². The zero-order valence-corrected chi connectivity index (χ0v) is 15.0. The topological polar surface area (TPSA) is 76.5 Å². The first-order valence-electron chi connectivity index (χ1n) is 8.96. The standard InChI is InChI=1S/C17H19F3N6O2/c18-17(19,20)12-1-2-21-13(11-12)14-22-15(25-3-7-27-8-4-25)24-16(23-14)26-5-9-28-10-6-26/h1-2,11H,3-10H2. The summed E-state index contributed by atoms with van der Waals surface area (Å²) < 4.78 is 50.0. The Kier molecular flexibility index (Phi) is 5.27. The van der Waals surface area contributed by atoms with Gasteiger partial charge in [0.15, 0.2) is 5.82 Å². The second kappa shape index (κ2) is 7.84. The van der Waals surface area contributed by atoms with Crippen LogP contribution in [0.1, 0.15) is 5.56 Å². The van der Waals surface area contributed by atoms with E-state index in [9.17, 15) is 13.2 Å². The second-order valence-corrected chi connectivity index (χ2v) is 6.39. The molecule has 8 nitrogen and oxygen atoms in total. The van der Waals surface area contributed by atoms with Crippen LogP contribution >= 0.6 is 0 Å². The average Bonchev–Trinajstić information content (AvgIpc) is 2.74. The van der Waals surface area contributed by atoms with Crippen LogP contribution in [0.5, 0.6) is 0 Å². The number of rotatable bonds is 3. The predicted molar refractivity (Wildman–Crippen MR) is 94.1 cm³/mol. The third-order valence-corrected chi connectivity index (χ3v) is 4.52. The maximum atomic E-state index is 13.1. The van der Waals surface area contributed by atoms with Gasteiger partial charge in [-0.05, 0) is 12.1 Å². The number of anilines is 2. The van der Waals surface area contributed by atoms with Crippen molar-refractivity contribution in [1.82, 2.24) is 19.9 Å². The monoisotopic (exact) mass is 396 g/mol. The number of aromatic nitrogens is 4. The molecule has 0 aromatic carbocycles. The lowest BCUT2D eigenvalue weighted by atomic mass is 10.2. The molecule has 0 N–H and O–H groups in total. The number of hydrogen-bond acceptors (Lipinski definition) is 8. The molecule has 2 saturated heterocycles. The zero-order chi connectivity index (χ0) is 19.6. The number of halogens is 3. The molecule has 0 atom stereocenters. The molecule has 0 aliphatic carbocycles. The first-order chi connectivity index (χ1) is 13.5. The van der Waals surface area contributed by atoms with E-state index in [1.165, 1.54) is 0 Å². The van der Waals surface area contributed by atoms with Crippen LogP contribution in [0.15, 0.2) is 18.3 Å². The summed E-state index contributed by atoms with van der Waals surface area (Å²) >= 11 is 0. The summed E-state index contributed by atoms with van der Waals surface area (Å²) in [6.07, 6.45) is -3.35. The highest BCUT2D eigenvalue weighted by atomic mass is 19.4. The van der Waals surface area contributed by atoms with Crippen LogP contribution in [-0.2, 0) is 15.7 Å². The second-order valence-electron chi connectivity index (χ2n) is 6.39. The van der Waals surface area contributed by atoms with Gasteiger partial charge in [0, 0.05) is 32.4 Å². The van der Waals surface area contributed by atoms with Gasteiger partial charge in [-0.25, -0.2) is 0 Å². The van der Waals surface area contributed by atoms with Gasteiger partial charge in [0.05, 0.1) is 32.0 Å². The number of nitrogens with zero attached hydrogens (tertiary/aromatic N) is 6.